The molecule has 2 atom stereocenters. The molecule has 0 N–H and O–H groups in total. The zero-order valence-corrected chi connectivity index (χ0v) is 14.4. The first-order chi connectivity index (χ1) is 10.5. The third-order valence-electron chi connectivity index (χ3n) is 4.76. The molecular weight excluding hydrogens is 296 g/mol. The van der Waals surface area contributed by atoms with Crippen LogP contribution in [0.15, 0.2) is 35.2 Å². The number of carbonyl (C=O) groups excluding carboxylic acids is 1. The van der Waals surface area contributed by atoms with Crippen molar-refractivity contribution in [1.82, 2.24) is 0 Å². The monoisotopic (exact) mass is 322 g/mol. The van der Waals surface area contributed by atoms with Gasteiger partial charge in [-0.3, -0.25) is 4.79 Å². The van der Waals surface area contributed by atoms with Crippen LogP contribution >= 0.6 is 0 Å². The largest absolute Gasteiger partial charge is 0.298 e. The second-order valence-electron chi connectivity index (χ2n) is 6.40. The van der Waals surface area contributed by atoms with Crippen LogP contribution in [0, 0.1) is 5.92 Å². The molecule has 3 nitrogen and oxygen atoms in total. The minimum Gasteiger partial charge on any atom is -0.298 e. The number of benzene rings is 1. The summed E-state index contributed by atoms with van der Waals surface area (Å²) in [5.74, 6) is -0.152. The molecule has 1 aromatic rings. The van der Waals surface area contributed by atoms with E-state index in [0.29, 0.717) is 12.8 Å². The Labute approximate surface area is 134 Å². The van der Waals surface area contributed by atoms with Crippen LogP contribution in [0.2, 0.25) is 0 Å². The van der Waals surface area contributed by atoms with Crippen molar-refractivity contribution in [3.8, 4) is 0 Å². The molecule has 0 heterocycles. The van der Waals surface area contributed by atoms with Gasteiger partial charge in [0, 0.05) is 6.42 Å². The molecule has 0 saturated heterocycles. The van der Waals surface area contributed by atoms with Crippen LogP contribution in [0.3, 0.4) is 0 Å². The highest BCUT2D eigenvalue weighted by molar-refractivity contribution is 7.94. The van der Waals surface area contributed by atoms with Crippen molar-refractivity contribution in [1.29, 1.82) is 0 Å². The van der Waals surface area contributed by atoms with Gasteiger partial charge in [-0.05, 0) is 30.9 Å². The molecule has 122 valence electrons. The van der Waals surface area contributed by atoms with Gasteiger partial charge in [-0.1, -0.05) is 57.7 Å². The van der Waals surface area contributed by atoms with Gasteiger partial charge in [0.25, 0.3) is 0 Å². The summed E-state index contributed by atoms with van der Waals surface area (Å²) in [5.41, 5.74) is 0. The highest BCUT2D eigenvalue weighted by Crippen LogP contribution is 2.53. The number of Topliss-reactive ketones (excluding diaryl/α,β-unsaturated/α-hetero) is 1. The Hall–Kier alpha value is -1.16. The number of rotatable bonds is 9. The van der Waals surface area contributed by atoms with Crippen molar-refractivity contribution < 1.29 is 13.2 Å². The molecule has 1 aromatic carbocycles. The highest BCUT2D eigenvalue weighted by atomic mass is 32.2. The Morgan fingerprint density at radius 3 is 2.27 bits per heavy atom. The molecule has 2 rings (SSSR count). The first-order valence-corrected chi connectivity index (χ1v) is 9.78. The molecule has 0 radical (unpaired) electrons. The van der Waals surface area contributed by atoms with Crippen molar-refractivity contribution >= 4 is 15.6 Å². The third kappa shape index (κ3) is 3.12. The lowest BCUT2D eigenvalue weighted by Crippen LogP contribution is -2.34. The Bertz CT molecular complexity index is 606. The quantitative estimate of drug-likeness (QED) is 0.641. The first kappa shape index (κ1) is 17.2. The molecule has 0 spiro atoms. The summed E-state index contributed by atoms with van der Waals surface area (Å²) >= 11 is 0. The second-order valence-corrected chi connectivity index (χ2v) is 8.61. The highest BCUT2D eigenvalue weighted by Gasteiger charge is 2.66. The van der Waals surface area contributed by atoms with Gasteiger partial charge in [-0.25, -0.2) is 8.42 Å². The Kier molecular flexibility index (Phi) is 5.43. The summed E-state index contributed by atoms with van der Waals surface area (Å²) in [7, 11) is -3.57. The van der Waals surface area contributed by atoms with Crippen LogP contribution in [-0.2, 0) is 14.6 Å². The maximum absolute atomic E-state index is 12.9. The SMILES string of the molecule is CCCCCCCC(=O)[C@@]1(S(=O)(=O)c2ccccc2)C[C@H]1C. The normalized spacial score (nSPS) is 24.2. The average Bonchev–Trinajstić information content (AvgIpc) is 3.21. The van der Waals surface area contributed by atoms with Crippen LogP contribution in [0.5, 0.6) is 0 Å². The van der Waals surface area contributed by atoms with E-state index in [1.165, 1.54) is 6.42 Å². The maximum Gasteiger partial charge on any atom is 0.191 e. The molecule has 1 aliphatic rings. The number of unbranched alkanes of at least 4 members (excludes halogenated alkanes) is 4. The summed E-state index contributed by atoms with van der Waals surface area (Å²) in [4.78, 5) is 12.9. The van der Waals surface area contributed by atoms with E-state index in [1.807, 2.05) is 6.92 Å². The van der Waals surface area contributed by atoms with Gasteiger partial charge in [-0.2, -0.15) is 0 Å². The molecule has 1 saturated carbocycles. The van der Waals surface area contributed by atoms with Gasteiger partial charge in [0.15, 0.2) is 15.6 Å². The zero-order chi connectivity index (χ0) is 16.2. The van der Waals surface area contributed by atoms with Crippen molar-refractivity contribution in [2.75, 3.05) is 0 Å². The standard InChI is InChI=1S/C18H26O3S/c1-3-4-5-6-10-13-17(19)18(14-15(18)2)22(20,21)16-11-8-7-9-12-16/h7-9,11-12,15H,3-6,10,13-14H2,1-2H3/t15-,18-/m1/s1. The molecule has 0 aliphatic heterocycles. The van der Waals surface area contributed by atoms with Gasteiger partial charge in [0.05, 0.1) is 4.90 Å². The smallest absolute Gasteiger partial charge is 0.191 e. The number of hydrogen-bond acceptors (Lipinski definition) is 3. The van der Waals surface area contributed by atoms with Crippen LogP contribution in [0.25, 0.3) is 0 Å². The molecule has 4 heteroatoms. The van der Waals surface area contributed by atoms with Crippen LogP contribution in [0.1, 0.15) is 58.8 Å². The van der Waals surface area contributed by atoms with Crippen LogP contribution in [0.4, 0.5) is 0 Å². The van der Waals surface area contributed by atoms with E-state index in [1.54, 1.807) is 30.3 Å². The maximum atomic E-state index is 12.9. The Balaban J connectivity index is 2.08. The van der Waals surface area contributed by atoms with E-state index < -0.39 is 14.6 Å². The predicted molar refractivity (Wildman–Crippen MR) is 88.5 cm³/mol. The molecule has 0 aromatic heterocycles. The number of carbonyl (C=O) groups is 1. The molecule has 1 aliphatic carbocycles. The number of hydrogen-bond donors (Lipinski definition) is 0. The van der Waals surface area contributed by atoms with Crippen molar-refractivity contribution in [3.63, 3.8) is 0 Å². The van der Waals surface area contributed by atoms with Gasteiger partial charge in [0.2, 0.25) is 0 Å². The number of ketones is 1. The summed E-state index contributed by atoms with van der Waals surface area (Å²) < 4.78 is 24.6. The minimum absolute atomic E-state index is 0.0687. The molecule has 0 bridgehead atoms. The lowest BCUT2D eigenvalue weighted by Gasteiger charge is -2.16. The topological polar surface area (TPSA) is 51.2 Å². The molecule has 1 fully saturated rings. The van der Waals surface area contributed by atoms with E-state index in [2.05, 4.69) is 6.92 Å². The van der Waals surface area contributed by atoms with Gasteiger partial charge >= 0.3 is 0 Å². The van der Waals surface area contributed by atoms with Gasteiger partial charge < -0.3 is 0 Å². The number of sulfone groups is 1. The Morgan fingerprint density at radius 1 is 1.14 bits per heavy atom. The van der Waals surface area contributed by atoms with Crippen LogP contribution < -0.4 is 0 Å². The molecule has 22 heavy (non-hydrogen) atoms. The van der Waals surface area contributed by atoms with E-state index in [9.17, 15) is 13.2 Å². The lowest BCUT2D eigenvalue weighted by molar-refractivity contribution is -0.119. The summed E-state index contributed by atoms with van der Waals surface area (Å²) in [6.45, 7) is 4.02. The molecule has 0 amide bonds. The summed E-state index contributed by atoms with van der Waals surface area (Å²) in [6.07, 6.45) is 6.14. The molecule has 0 unspecified atom stereocenters. The van der Waals surface area contributed by atoms with E-state index in [0.717, 1.165) is 25.7 Å². The Morgan fingerprint density at radius 2 is 1.73 bits per heavy atom. The fourth-order valence-corrected chi connectivity index (χ4v) is 5.56. The fourth-order valence-electron chi connectivity index (χ4n) is 3.22. The van der Waals surface area contributed by atoms with Gasteiger partial charge in [0.1, 0.15) is 4.75 Å². The van der Waals surface area contributed by atoms with Crippen molar-refractivity contribution in [2.24, 2.45) is 5.92 Å². The van der Waals surface area contributed by atoms with E-state index >= 15 is 0 Å². The fraction of sp³-hybridized carbons (Fsp3) is 0.611. The van der Waals surface area contributed by atoms with Crippen LogP contribution in [-0.4, -0.2) is 18.9 Å². The zero-order valence-electron chi connectivity index (χ0n) is 13.5. The lowest BCUT2D eigenvalue weighted by atomic mass is 10.1. The summed E-state index contributed by atoms with van der Waals surface area (Å²) in [5, 5.41) is 0. The second kappa shape index (κ2) is 6.95. The van der Waals surface area contributed by atoms with E-state index in [-0.39, 0.29) is 16.6 Å². The van der Waals surface area contributed by atoms with Crippen molar-refractivity contribution in [2.45, 2.75) is 68.4 Å². The third-order valence-corrected chi connectivity index (χ3v) is 7.41. The van der Waals surface area contributed by atoms with Crippen molar-refractivity contribution in [3.05, 3.63) is 30.3 Å². The van der Waals surface area contributed by atoms with E-state index in [4.69, 9.17) is 0 Å². The average molecular weight is 322 g/mol. The first-order valence-electron chi connectivity index (χ1n) is 8.29. The summed E-state index contributed by atoms with van der Waals surface area (Å²) in [6, 6.07) is 8.40. The van der Waals surface area contributed by atoms with Gasteiger partial charge in [-0.15, -0.1) is 0 Å². The molecular formula is C18H26O3S. The minimum atomic E-state index is -3.57. The predicted octanol–water partition coefficient (Wildman–Crippen LogP) is 4.17.